The number of hydrogen-bond acceptors (Lipinski definition) is 3. The lowest BCUT2D eigenvalue weighted by Gasteiger charge is -2.25. The fourth-order valence-corrected chi connectivity index (χ4v) is 4.53. The van der Waals surface area contributed by atoms with E-state index in [4.69, 9.17) is 0 Å². The molecule has 6 heteroatoms. The molecule has 4 nitrogen and oxygen atoms in total. The van der Waals surface area contributed by atoms with Gasteiger partial charge in [-0.15, -0.1) is 11.8 Å². The lowest BCUT2D eigenvalue weighted by atomic mass is 10.1. The van der Waals surface area contributed by atoms with Crippen molar-refractivity contribution in [3.8, 4) is 0 Å². The lowest BCUT2D eigenvalue weighted by molar-refractivity contribution is -0.130. The molecule has 1 fully saturated rings. The summed E-state index contributed by atoms with van der Waals surface area (Å²) in [5.41, 5.74) is 3.10. The highest BCUT2D eigenvalue weighted by molar-refractivity contribution is 8.01. The van der Waals surface area contributed by atoms with Crippen molar-refractivity contribution >= 4 is 23.6 Å². The summed E-state index contributed by atoms with van der Waals surface area (Å²) in [5.74, 6) is -0.355. The molecule has 2 atom stereocenters. The van der Waals surface area contributed by atoms with Crippen molar-refractivity contribution in [1.82, 2.24) is 10.2 Å². The third-order valence-electron chi connectivity index (χ3n) is 4.68. The first kappa shape index (κ1) is 19.4. The van der Waals surface area contributed by atoms with Gasteiger partial charge in [-0.3, -0.25) is 9.59 Å². The molecule has 0 aromatic heterocycles. The first-order valence-corrected chi connectivity index (χ1v) is 9.92. The van der Waals surface area contributed by atoms with E-state index in [0.717, 1.165) is 16.7 Å². The molecule has 0 aliphatic carbocycles. The van der Waals surface area contributed by atoms with Crippen LogP contribution < -0.4 is 5.32 Å². The smallest absolute Gasteiger partial charge is 0.236 e. The number of aryl methyl sites for hydroxylation is 1. The first-order valence-electron chi connectivity index (χ1n) is 8.98. The summed E-state index contributed by atoms with van der Waals surface area (Å²) in [5, 5.41) is 2.66. The van der Waals surface area contributed by atoms with Gasteiger partial charge >= 0.3 is 0 Å². The van der Waals surface area contributed by atoms with Crippen molar-refractivity contribution in [3.05, 3.63) is 71.0 Å². The summed E-state index contributed by atoms with van der Waals surface area (Å²) in [4.78, 5) is 26.6. The van der Waals surface area contributed by atoms with Crippen molar-refractivity contribution < 1.29 is 14.0 Å². The maximum absolute atomic E-state index is 12.9. The molecule has 1 N–H and O–H groups in total. The third-order valence-corrected chi connectivity index (χ3v) is 6.06. The zero-order valence-electron chi connectivity index (χ0n) is 15.4. The second kappa shape index (κ2) is 8.57. The van der Waals surface area contributed by atoms with E-state index in [-0.39, 0.29) is 34.7 Å². The van der Waals surface area contributed by atoms with E-state index in [0.29, 0.717) is 13.1 Å². The summed E-state index contributed by atoms with van der Waals surface area (Å²) >= 11 is 1.62. The SMILES string of the molecule is Cc1ccccc1[C@@H]1S[C@@H](C)C(=O)N1CCC(=O)NCc1ccc(F)cc1. The Labute approximate surface area is 163 Å². The van der Waals surface area contributed by atoms with Crippen molar-refractivity contribution in [3.63, 3.8) is 0 Å². The van der Waals surface area contributed by atoms with Crippen molar-refractivity contribution in [2.45, 2.75) is 37.4 Å². The molecular formula is C21H23FN2O2S. The van der Waals surface area contributed by atoms with Crippen LogP contribution in [0.3, 0.4) is 0 Å². The summed E-state index contributed by atoms with van der Waals surface area (Å²) in [6.07, 6.45) is 0.239. The topological polar surface area (TPSA) is 49.4 Å². The zero-order valence-corrected chi connectivity index (χ0v) is 16.3. The fourth-order valence-electron chi connectivity index (χ4n) is 3.12. The standard InChI is InChI=1S/C21H23FN2O2S/c1-14-5-3-4-6-18(14)21-24(20(26)15(2)27-21)12-11-19(25)23-13-16-7-9-17(22)10-8-16/h3-10,15,21H,11-13H2,1-2H3,(H,23,25)/t15-,21-/m0/s1. The molecule has 0 unspecified atom stereocenters. The van der Waals surface area contributed by atoms with Crippen LogP contribution in [0, 0.1) is 12.7 Å². The lowest BCUT2D eigenvalue weighted by Crippen LogP contribution is -2.34. The maximum atomic E-state index is 12.9. The van der Waals surface area contributed by atoms with Gasteiger partial charge in [0.1, 0.15) is 11.2 Å². The number of amides is 2. The van der Waals surface area contributed by atoms with Gasteiger partial charge in [0.05, 0.1) is 5.25 Å². The average Bonchev–Trinajstić information content (AvgIpc) is 2.94. The second-order valence-corrected chi connectivity index (χ2v) is 8.10. The molecule has 1 aliphatic heterocycles. The quantitative estimate of drug-likeness (QED) is 0.821. The van der Waals surface area contributed by atoms with Crippen LogP contribution in [0.4, 0.5) is 4.39 Å². The highest BCUT2D eigenvalue weighted by Gasteiger charge is 2.38. The molecule has 2 aromatic rings. The molecule has 3 rings (SSSR count). The molecule has 1 aliphatic rings. The van der Waals surface area contributed by atoms with Crippen LogP contribution in [-0.2, 0) is 16.1 Å². The summed E-state index contributed by atoms with van der Waals surface area (Å²) in [6.45, 7) is 4.67. The molecular weight excluding hydrogens is 363 g/mol. The van der Waals surface area contributed by atoms with Crippen LogP contribution in [0.25, 0.3) is 0 Å². The Morgan fingerprint density at radius 1 is 1.19 bits per heavy atom. The predicted octanol–water partition coefficient (Wildman–Crippen LogP) is 3.80. The number of nitrogens with one attached hydrogen (secondary N) is 1. The molecule has 1 heterocycles. The molecule has 2 aromatic carbocycles. The Morgan fingerprint density at radius 3 is 2.59 bits per heavy atom. The molecule has 0 spiro atoms. The number of benzene rings is 2. The molecule has 0 saturated carbocycles. The fraction of sp³-hybridized carbons (Fsp3) is 0.333. The van der Waals surface area contributed by atoms with Gasteiger partial charge in [0.25, 0.3) is 0 Å². The van der Waals surface area contributed by atoms with Gasteiger partial charge in [0.15, 0.2) is 0 Å². The predicted molar refractivity (Wildman–Crippen MR) is 106 cm³/mol. The normalized spacial score (nSPS) is 19.4. The zero-order chi connectivity index (χ0) is 19.4. The van der Waals surface area contributed by atoms with Crippen molar-refractivity contribution in [2.24, 2.45) is 0 Å². The van der Waals surface area contributed by atoms with Crippen LogP contribution in [0.15, 0.2) is 48.5 Å². The molecule has 1 saturated heterocycles. The van der Waals surface area contributed by atoms with Gasteiger partial charge in [0, 0.05) is 19.5 Å². The van der Waals surface area contributed by atoms with Gasteiger partial charge in [0.2, 0.25) is 11.8 Å². The van der Waals surface area contributed by atoms with E-state index >= 15 is 0 Å². The molecule has 0 bridgehead atoms. The number of rotatable bonds is 6. The second-order valence-electron chi connectivity index (χ2n) is 6.67. The van der Waals surface area contributed by atoms with Gasteiger partial charge in [-0.1, -0.05) is 36.4 Å². The average molecular weight is 386 g/mol. The Balaban J connectivity index is 1.59. The van der Waals surface area contributed by atoms with Gasteiger partial charge in [-0.2, -0.15) is 0 Å². The van der Waals surface area contributed by atoms with Crippen LogP contribution in [0.1, 0.15) is 35.4 Å². The first-order chi connectivity index (χ1) is 13.0. The number of carbonyl (C=O) groups excluding carboxylic acids is 2. The Morgan fingerprint density at radius 2 is 1.89 bits per heavy atom. The highest BCUT2D eigenvalue weighted by atomic mass is 32.2. The van der Waals surface area contributed by atoms with Crippen LogP contribution in [0.5, 0.6) is 0 Å². The van der Waals surface area contributed by atoms with E-state index in [1.165, 1.54) is 12.1 Å². The molecule has 2 amide bonds. The molecule has 0 radical (unpaired) electrons. The minimum atomic E-state index is -0.300. The number of nitrogens with zero attached hydrogens (tertiary/aromatic N) is 1. The Bertz CT molecular complexity index is 825. The summed E-state index contributed by atoms with van der Waals surface area (Å²) in [6, 6.07) is 14.1. The summed E-state index contributed by atoms with van der Waals surface area (Å²) < 4.78 is 12.9. The third kappa shape index (κ3) is 4.69. The highest BCUT2D eigenvalue weighted by Crippen LogP contribution is 2.43. The van der Waals surface area contributed by atoms with Crippen LogP contribution in [-0.4, -0.2) is 28.5 Å². The van der Waals surface area contributed by atoms with Crippen molar-refractivity contribution in [2.75, 3.05) is 6.54 Å². The van der Waals surface area contributed by atoms with Gasteiger partial charge in [-0.05, 0) is 42.7 Å². The van der Waals surface area contributed by atoms with Crippen molar-refractivity contribution in [1.29, 1.82) is 0 Å². The largest absolute Gasteiger partial charge is 0.352 e. The van der Waals surface area contributed by atoms with Gasteiger partial charge in [-0.25, -0.2) is 4.39 Å². The van der Waals surface area contributed by atoms with Gasteiger partial charge < -0.3 is 10.2 Å². The minimum absolute atomic E-state index is 0.0569. The summed E-state index contributed by atoms with van der Waals surface area (Å²) in [7, 11) is 0. The Kier molecular flexibility index (Phi) is 6.16. The van der Waals surface area contributed by atoms with Crippen LogP contribution >= 0.6 is 11.8 Å². The van der Waals surface area contributed by atoms with E-state index < -0.39 is 0 Å². The molecule has 142 valence electrons. The molecule has 27 heavy (non-hydrogen) atoms. The Hall–Kier alpha value is -2.34. The minimum Gasteiger partial charge on any atom is -0.352 e. The monoisotopic (exact) mass is 386 g/mol. The van der Waals surface area contributed by atoms with E-state index in [9.17, 15) is 14.0 Å². The maximum Gasteiger partial charge on any atom is 0.236 e. The number of hydrogen-bond donors (Lipinski definition) is 1. The number of halogens is 1. The van der Waals surface area contributed by atoms with E-state index in [1.807, 2.05) is 38.1 Å². The van der Waals surface area contributed by atoms with Crippen LogP contribution in [0.2, 0.25) is 0 Å². The van der Waals surface area contributed by atoms with E-state index in [1.54, 1.807) is 28.8 Å². The number of thioether (sulfide) groups is 1. The van der Waals surface area contributed by atoms with E-state index in [2.05, 4.69) is 5.32 Å². The number of carbonyl (C=O) groups is 2.